The van der Waals surface area contributed by atoms with Gasteiger partial charge in [0, 0.05) is 29.1 Å². The third-order valence-corrected chi connectivity index (χ3v) is 3.34. The lowest BCUT2D eigenvalue weighted by molar-refractivity contribution is 0.361. The van der Waals surface area contributed by atoms with Crippen molar-refractivity contribution in [2.75, 3.05) is 0 Å². The fraction of sp³-hybridized carbons (Fsp3) is 0.500. The van der Waals surface area contributed by atoms with Crippen LogP contribution in [0.3, 0.4) is 0 Å². The molecule has 2 aromatic rings. The molecule has 0 aromatic carbocycles. The summed E-state index contributed by atoms with van der Waals surface area (Å²) in [6.45, 7) is 11.0. The number of H-pyrrole nitrogens is 1. The van der Waals surface area contributed by atoms with Gasteiger partial charge in [-0.05, 0) is 24.3 Å². The van der Waals surface area contributed by atoms with Crippen LogP contribution in [-0.2, 0) is 17.3 Å². The van der Waals surface area contributed by atoms with E-state index in [-0.39, 0.29) is 10.8 Å². The van der Waals surface area contributed by atoms with Gasteiger partial charge in [0.05, 0.1) is 0 Å². The summed E-state index contributed by atoms with van der Waals surface area (Å²) in [6.07, 6.45) is 2.88. The first kappa shape index (κ1) is 13.0. The lowest BCUT2D eigenvalue weighted by atomic mass is 9.85. The number of hydrogen-bond donors (Lipinski definition) is 1. The van der Waals surface area contributed by atoms with E-state index in [9.17, 15) is 0 Å². The molecule has 2 nitrogen and oxygen atoms in total. The highest BCUT2D eigenvalue weighted by Crippen LogP contribution is 2.30. The summed E-state index contributed by atoms with van der Waals surface area (Å²) in [5.74, 6) is 2.11. The molecule has 0 spiro atoms. The molecule has 0 aliphatic carbocycles. The zero-order valence-electron chi connectivity index (χ0n) is 12.0. The van der Waals surface area contributed by atoms with Crippen molar-refractivity contribution in [1.82, 2.24) is 4.98 Å². The molecule has 0 aliphatic heterocycles. The zero-order valence-corrected chi connectivity index (χ0v) is 12.0. The summed E-state index contributed by atoms with van der Waals surface area (Å²) in [4.78, 5) is 3.29. The van der Waals surface area contributed by atoms with Crippen LogP contribution >= 0.6 is 0 Å². The van der Waals surface area contributed by atoms with E-state index in [4.69, 9.17) is 4.42 Å². The van der Waals surface area contributed by atoms with E-state index in [1.165, 1.54) is 5.69 Å². The Kier molecular flexibility index (Phi) is 3.14. The van der Waals surface area contributed by atoms with Crippen molar-refractivity contribution < 1.29 is 4.42 Å². The van der Waals surface area contributed by atoms with Gasteiger partial charge in [-0.2, -0.15) is 0 Å². The van der Waals surface area contributed by atoms with E-state index >= 15 is 0 Å². The molecule has 98 valence electrons. The molecule has 0 amide bonds. The second kappa shape index (κ2) is 4.34. The summed E-state index contributed by atoms with van der Waals surface area (Å²) in [5, 5.41) is 0. The van der Waals surface area contributed by atoms with Gasteiger partial charge >= 0.3 is 0 Å². The standard InChI is InChI=1S/C16H23NO/c1-15(2,3)14-9-8-12(18-14)11-16(4,5)13-7-6-10-17-13/h6-10,17H,11H2,1-5H3. The van der Waals surface area contributed by atoms with E-state index in [1.54, 1.807) is 0 Å². The summed E-state index contributed by atoms with van der Waals surface area (Å²) >= 11 is 0. The Morgan fingerprint density at radius 3 is 2.28 bits per heavy atom. The molecule has 0 fully saturated rings. The lowest BCUT2D eigenvalue weighted by Crippen LogP contribution is -2.20. The van der Waals surface area contributed by atoms with Crippen molar-refractivity contribution in [2.24, 2.45) is 0 Å². The third kappa shape index (κ3) is 2.69. The number of furan rings is 1. The fourth-order valence-corrected chi connectivity index (χ4v) is 2.16. The van der Waals surface area contributed by atoms with Crippen LogP contribution in [0.5, 0.6) is 0 Å². The smallest absolute Gasteiger partial charge is 0.109 e. The predicted octanol–water partition coefficient (Wildman–Crippen LogP) is 4.43. The third-order valence-electron chi connectivity index (χ3n) is 3.34. The van der Waals surface area contributed by atoms with Crippen LogP contribution in [0.25, 0.3) is 0 Å². The Balaban J connectivity index is 2.17. The minimum absolute atomic E-state index is 0.0660. The molecule has 2 heteroatoms. The largest absolute Gasteiger partial charge is 0.466 e. The molecule has 2 rings (SSSR count). The summed E-state index contributed by atoms with van der Waals surface area (Å²) < 4.78 is 5.97. The lowest BCUT2D eigenvalue weighted by Gasteiger charge is -2.22. The van der Waals surface area contributed by atoms with Gasteiger partial charge in [0.1, 0.15) is 11.5 Å². The van der Waals surface area contributed by atoms with Crippen LogP contribution in [0.4, 0.5) is 0 Å². The first-order valence-electron chi connectivity index (χ1n) is 6.52. The maximum Gasteiger partial charge on any atom is 0.109 e. The van der Waals surface area contributed by atoms with Crippen LogP contribution in [0.15, 0.2) is 34.9 Å². The highest BCUT2D eigenvalue weighted by Gasteiger charge is 2.25. The molecule has 0 unspecified atom stereocenters. The van der Waals surface area contributed by atoms with Gasteiger partial charge in [0.2, 0.25) is 0 Å². The molecule has 0 saturated heterocycles. The highest BCUT2D eigenvalue weighted by atomic mass is 16.3. The van der Waals surface area contributed by atoms with E-state index in [0.717, 1.165) is 17.9 Å². The van der Waals surface area contributed by atoms with Crippen LogP contribution in [0.1, 0.15) is 51.8 Å². The van der Waals surface area contributed by atoms with E-state index in [1.807, 2.05) is 12.3 Å². The molecule has 0 aliphatic rings. The van der Waals surface area contributed by atoms with Crippen molar-refractivity contribution in [3.8, 4) is 0 Å². The zero-order chi connectivity index (χ0) is 13.4. The Morgan fingerprint density at radius 1 is 1.06 bits per heavy atom. The van der Waals surface area contributed by atoms with Gasteiger partial charge in [-0.15, -0.1) is 0 Å². The van der Waals surface area contributed by atoms with Crippen molar-refractivity contribution in [3.05, 3.63) is 47.7 Å². The van der Waals surface area contributed by atoms with Gasteiger partial charge in [-0.25, -0.2) is 0 Å². The summed E-state index contributed by atoms with van der Waals surface area (Å²) in [6, 6.07) is 8.37. The molecule has 18 heavy (non-hydrogen) atoms. The van der Waals surface area contributed by atoms with Crippen LogP contribution in [0.2, 0.25) is 0 Å². The Hall–Kier alpha value is -1.44. The van der Waals surface area contributed by atoms with Crippen LogP contribution in [-0.4, -0.2) is 4.98 Å². The van der Waals surface area contributed by atoms with E-state index in [0.29, 0.717) is 0 Å². The number of hydrogen-bond acceptors (Lipinski definition) is 1. The summed E-state index contributed by atoms with van der Waals surface area (Å²) in [5.41, 5.74) is 1.39. The molecule has 0 radical (unpaired) electrons. The maximum absolute atomic E-state index is 5.97. The van der Waals surface area contributed by atoms with Gasteiger partial charge in [0.15, 0.2) is 0 Å². The van der Waals surface area contributed by atoms with E-state index < -0.39 is 0 Å². The number of rotatable bonds is 3. The molecule has 2 heterocycles. The summed E-state index contributed by atoms with van der Waals surface area (Å²) in [7, 11) is 0. The SMILES string of the molecule is CC(C)(C)c1ccc(CC(C)(C)c2ccc[nH]2)o1. The van der Waals surface area contributed by atoms with Crippen LogP contribution in [0, 0.1) is 0 Å². The van der Waals surface area contributed by atoms with Crippen molar-refractivity contribution >= 4 is 0 Å². The van der Waals surface area contributed by atoms with Gasteiger partial charge < -0.3 is 9.40 Å². The molecule has 1 N–H and O–H groups in total. The second-order valence-corrected chi connectivity index (χ2v) is 6.66. The minimum atomic E-state index is 0.0660. The minimum Gasteiger partial charge on any atom is -0.466 e. The average Bonchev–Trinajstić information content (AvgIpc) is 2.83. The monoisotopic (exact) mass is 245 g/mol. The van der Waals surface area contributed by atoms with Crippen molar-refractivity contribution in [3.63, 3.8) is 0 Å². The van der Waals surface area contributed by atoms with Gasteiger partial charge in [-0.3, -0.25) is 0 Å². The average molecular weight is 245 g/mol. The second-order valence-electron chi connectivity index (χ2n) is 6.66. The number of aromatic amines is 1. The normalized spacial score (nSPS) is 12.9. The number of nitrogens with one attached hydrogen (secondary N) is 1. The molecular weight excluding hydrogens is 222 g/mol. The molecule has 0 bridgehead atoms. The topological polar surface area (TPSA) is 28.9 Å². The number of aromatic nitrogens is 1. The molecular formula is C16H23NO. The fourth-order valence-electron chi connectivity index (χ4n) is 2.16. The highest BCUT2D eigenvalue weighted by molar-refractivity contribution is 5.21. The van der Waals surface area contributed by atoms with Crippen molar-refractivity contribution in [2.45, 2.75) is 51.9 Å². The van der Waals surface area contributed by atoms with Crippen LogP contribution < -0.4 is 0 Å². The molecule has 0 atom stereocenters. The first-order valence-corrected chi connectivity index (χ1v) is 6.52. The van der Waals surface area contributed by atoms with E-state index in [2.05, 4.69) is 57.8 Å². The Bertz CT molecular complexity index is 497. The Labute approximate surface area is 109 Å². The van der Waals surface area contributed by atoms with Crippen molar-refractivity contribution in [1.29, 1.82) is 0 Å². The van der Waals surface area contributed by atoms with Gasteiger partial charge in [0.25, 0.3) is 0 Å². The molecule has 2 aromatic heterocycles. The van der Waals surface area contributed by atoms with Gasteiger partial charge in [-0.1, -0.05) is 34.6 Å². The quantitative estimate of drug-likeness (QED) is 0.851. The predicted molar refractivity (Wildman–Crippen MR) is 74.9 cm³/mol. The maximum atomic E-state index is 5.97. The molecule has 0 saturated carbocycles. The Morgan fingerprint density at radius 2 is 1.78 bits per heavy atom. The first-order chi connectivity index (χ1) is 8.29.